The first-order valence-corrected chi connectivity index (χ1v) is 11.0. The highest BCUT2D eigenvalue weighted by Crippen LogP contribution is 2.30. The summed E-state index contributed by atoms with van der Waals surface area (Å²) in [6.07, 6.45) is 2.95. The summed E-state index contributed by atoms with van der Waals surface area (Å²) in [6, 6.07) is 5.63. The summed E-state index contributed by atoms with van der Waals surface area (Å²) in [5.41, 5.74) is 0.843. The summed E-state index contributed by atoms with van der Waals surface area (Å²) in [5.74, 6) is 2.43. The zero-order valence-electron chi connectivity index (χ0n) is 16.9. The molecule has 0 aliphatic carbocycles. The topological polar surface area (TPSA) is 92.3 Å². The van der Waals surface area contributed by atoms with Gasteiger partial charge in [0.2, 0.25) is 10.0 Å². The smallest absolute Gasteiger partial charge is 0.211 e. The maximum atomic E-state index is 11.6. The van der Waals surface area contributed by atoms with Crippen LogP contribution < -0.4 is 20.1 Å². The Hall–Kier alpha value is -1.27. The normalized spacial score (nSPS) is 16.2. The molecule has 0 spiro atoms. The fraction of sp³-hybridized carbons (Fsp3) is 0.611. The van der Waals surface area contributed by atoms with Crippen LogP contribution in [0.25, 0.3) is 0 Å². The van der Waals surface area contributed by atoms with Crippen molar-refractivity contribution in [1.82, 2.24) is 9.62 Å². The average Bonchev–Trinajstić information content (AvgIpc) is 2.66. The summed E-state index contributed by atoms with van der Waals surface area (Å²) in [7, 11) is 0.239. The lowest BCUT2D eigenvalue weighted by atomic mass is 9.98. The van der Waals surface area contributed by atoms with Gasteiger partial charge in [0.1, 0.15) is 0 Å². The molecular formula is C18H31IN4O4S. The van der Waals surface area contributed by atoms with Crippen molar-refractivity contribution in [2.45, 2.75) is 19.8 Å². The van der Waals surface area contributed by atoms with Gasteiger partial charge in [-0.25, -0.2) is 12.7 Å². The molecule has 0 unspecified atom stereocenters. The highest BCUT2D eigenvalue weighted by Gasteiger charge is 2.24. The average molecular weight is 526 g/mol. The van der Waals surface area contributed by atoms with Crippen LogP contribution in [-0.2, 0) is 10.0 Å². The number of piperidine rings is 1. The van der Waals surface area contributed by atoms with Gasteiger partial charge in [0, 0.05) is 38.4 Å². The molecule has 10 heteroatoms. The van der Waals surface area contributed by atoms with E-state index in [2.05, 4.69) is 15.6 Å². The van der Waals surface area contributed by atoms with E-state index in [4.69, 9.17) is 9.47 Å². The molecule has 8 nitrogen and oxygen atoms in total. The molecule has 160 valence electrons. The largest absolute Gasteiger partial charge is 0.493 e. The third-order valence-electron chi connectivity index (χ3n) is 4.55. The number of methoxy groups -OCH3 is 1. The van der Waals surface area contributed by atoms with Crippen molar-refractivity contribution in [3.05, 3.63) is 18.2 Å². The number of halogens is 1. The summed E-state index contributed by atoms with van der Waals surface area (Å²) < 4.78 is 35.6. The zero-order chi connectivity index (χ0) is 19.9. The molecule has 0 bridgehead atoms. The molecule has 0 atom stereocenters. The molecule has 0 aromatic heterocycles. The number of rotatable bonds is 7. The minimum Gasteiger partial charge on any atom is -0.493 e. The molecule has 1 heterocycles. The van der Waals surface area contributed by atoms with Gasteiger partial charge in [-0.3, -0.25) is 4.99 Å². The molecule has 1 aromatic rings. The third kappa shape index (κ3) is 7.28. The fourth-order valence-corrected chi connectivity index (χ4v) is 3.90. The standard InChI is InChI=1S/C18H30N4O4S.HI/c1-5-26-16-7-6-15(12-17(16)25-3)21-18(19-2)20-13-14-8-10-22(11-9-14)27(4,23)24;/h6-7,12,14H,5,8-11,13H2,1-4H3,(H2,19,20,21);1H. The van der Waals surface area contributed by atoms with Crippen LogP contribution in [0.4, 0.5) is 5.69 Å². The minimum absolute atomic E-state index is 0. The van der Waals surface area contributed by atoms with Crippen LogP contribution in [0, 0.1) is 5.92 Å². The molecule has 1 fully saturated rings. The third-order valence-corrected chi connectivity index (χ3v) is 5.85. The Labute approximate surface area is 185 Å². The molecule has 1 aliphatic heterocycles. The van der Waals surface area contributed by atoms with Crippen LogP contribution in [0.3, 0.4) is 0 Å². The van der Waals surface area contributed by atoms with E-state index >= 15 is 0 Å². The Morgan fingerprint density at radius 2 is 1.96 bits per heavy atom. The second-order valence-corrected chi connectivity index (χ2v) is 8.46. The zero-order valence-corrected chi connectivity index (χ0v) is 20.0. The van der Waals surface area contributed by atoms with Gasteiger partial charge in [-0.2, -0.15) is 0 Å². The van der Waals surface area contributed by atoms with E-state index < -0.39 is 10.0 Å². The predicted molar refractivity (Wildman–Crippen MR) is 124 cm³/mol. The Balaban J connectivity index is 0.00000392. The summed E-state index contributed by atoms with van der Waals surface area (Å²) in [5, 5.41) is 6.56. The monoisotopic (exact) mass is 526 g/mol. The number of sulfonamides is 1. The molecule has 0 saturated carbocycles. The number of hydrogen-bond donors (Lipinski definition) is 2. The van der Waals surface area contributed by atoms with E-state index in [9.17, 15) is 8.42 Å². The first-order chi connectivity index (χ1) is 12.9. The van der Waals surface area contributed by atoms with E-state index in [1.807, 2.05) is 25.1 Å². The number of nitrogens with zero attached hydrogens (tertiary/aromatic N) is 2. The van der Waals surface area contributed by atoms with Gasteiger partial charge in [-0.15, -0.1) is 24.0 Å². The molecular weight excluding hydrogens is 495 g/mol. The van der Waals surface area contributed by atoms with E-state index in [0.29, 0.717) is 43.1 Å². The Morgan fingerprint density at radius 1 is 1.29 bits per heavy atom. The van der Waals surface area contributed by atoms with Gasteiger partial charge in [-0.1, -0.05) is 0 Å². The van der Waals surface area contributed by atoms with Crippen LogP contribution in [0.2, 0.25) is 0 Å². The highest BCUT2D eigenvalue weighted by molar-refractivity contribution is 14.0. The Kier molecular flexibility index (Phi) is 10.3. The van der Waals surface area contributed by atoms with E-state index in [1.165, 1.54) is 6.26 Å². The van der Waals surface area contributed by atoms with Gasteiger partial charge >= 0.3 is 0 Å². The highest BCUT2D eigenvalue weighted by atomic mass is 127. The summed E-state index contributed by atoms with van der Waals surface area (Å²) in [4.78, 5) is 4.25. The van der Waals surface area contributed by atoms with Crippen molar-refractivity contribution < 1.29 is 17.9 Å². The first kappa shape index (κ1) is 24.8. The SMILES string of the molecule is CCOc1ccc(NC(=NC)NCC2CCN(S(C)(=O)=O)CC2)cc1OC.I. The van der Waals surface area contributed by atoms with Crippen LogP contribution in [0.15, 0.2) is 23.2 Å². The van der Waals surface area contributed by atoms with Gasteiger partial charge in [-0.05, 0) is 37.8 Å². The number of anilines is 1. The van der Waals surface area contributed by atoms with Crippen LogP contribution >= 0.6 is 24.0 Å². The quantitative estimate of drug-likeness (QED) is 0.322. The maximum absolute atomic E-state index is 11.6. The number of hydrogen-bond acceptors (Lipinski definition) is 5. The number of aliphatic imine (C=N–C) groups is 1. The minimum atomic E-state index is -3.09. The number of nitrogens with one attached hydrogen (secondary N) is 2. The Morgan fingerprint density at radius 3 is 2.50 bits per heavy atom. The van der Waals surface area contributed by atoms with Crippen molar-refractivity contribution in [2.24, 2.45) is 10.9 Å². The van der Waals surface area contributed by atoms with Gasteiger partial charge in [0.25, 0.3) is 0 Å². The van der Waals surface area contributed by atoms with Crippen LogP contribution in [0.1, 0.15) is 19.8 Å². The molecule has 0 radical (unpaired) electrons. The van der Waals surface area contributed by atoms with E-state index in [0.717, 1.165) is 25.1 Å². The molecule has 2 rings (SSSR count). The molecule has 2 N–H and O–H groups in total. The lowest BCUT2D eigenvalue weighted by Gasteiger charge is -2.30. The molecule has 1 aliphatic rings. The number of ether oxygens (including phenoxy) is 2. The van der Waals surface area contributed by atoms with Crippen molar-refractivity contribution in [2.75, 3.05) is 52.0 Å². The van der Waals surface area contributed by atoms with E-state index in [1.54, 1.807) is 18.5 Å². The Bertz CT molecular complexity index is 750. The molecule has 1 saturated heterocycles. The molecule has 1 aromatic carbocycles. The fourth-order valence-electron chi connectivity index (χ4n) is 3.02. The van der Waals surface area contributed by atoms with E-state index in [-0.39, 0.29) is 24.0 Å². The lowest BCUT2D eigenvalue weighted by molar-refractivity contribution is 0.275. The maximum Gasteiger partial charge on any atom is 0.211 e. The van der Waals surface area contributed by atoms with Gasteiger partial charge in [0.15, 0.2) is 17.5 Å². The second-order valence-electron chi connectivity index (χ2n) is 6.48. The molecule has 28 heavy (non-hydrogen) atoms. The lowest BCUT2D eigenvalue weighted by Crippen LogP contribution is -2.42. The van der Waals surface area contributed by atoms with Crippen molar-refractivity contribution in [3.8, 4) is 11.5 Å². The van der Waals surface area contributed by atoms with Crippen LogP contribution in [-0.4, -0.2) is 65.3 Å². The van der Waals surface area contributed by atoms with Crippen molar-refractivity contribution >= 4 is 45.6 Å². The number of guanidine groups is 1. The number of benzene rings is 1. The van der Waals surface area contributed by atoms with Crippen molar-refractivity contribution in [1.29, 1.82) is 0 Å². The second kappa shape index (κ2) is 11.7. The van der Waals surface area contributed by atoms with Crippen LogP contribution in [0.5, 0.6) is 11.5 Å². The van der Waals surface area contributed by atoms with Crippen molar-refractivity contribution in [3.63, 3.8) is 0 Å². The summed E-state index contributed by atoms with van der Waals surface area (Å²) in [6.45, 7) is 4.40. The first-order valence-electron chi connectivity index (χ1n) is 9.11. The molecule has 0 amide bonds. The summed E-state index contributed by atoms with van der Waals surface area (Å²) >= 11 is 0. The van der Waals surface area contributed by atoms with Gasteiger partial charge in [0.05, 0.1) is 20.0 Å². The predicted octanol–water partition coefficient (Wildman–Crippen LogP) is 2.37. The van der Waals surface area contributed by atoms with Gasteiger partial charge < -0.3 is 20.1 Å².